The fourth-order valence-corrected chi connectivity index (χ4v) is 3.12. The van der Waals surface area contributed by atoms with E-state index in [9.17, 15) is 4.79 Å². The van der Waals surface area contributed by atoms with E-state index in [2.05, 4.69) is 52.0 Å². The standard InChI is InChI=1S/C19H30N2O/c1-14(2)16-5-7-17(8-6-16)15(3)11-18(22)21-10-9-19(4,12-20)13-21/h5-8,14-15H,9-13,20H2,1-4H3. The Morgan fingerprint density at radius 2 is 1.82 bits per heavy atom. The predicted molar refractivity (Wildman–Crippen MR) is 91.9 cm³/mol. The zero-order valence-electron chi connectivity index (χ0n) is 14.4. The lowest BCUT2D eigenvalue weighted by Crippen LogP contribution is -2.34. The van der Waals surface area contributed by atoms with Crippen LogP contribution in [0.3, 0.4) is 0 Å². The van der Waals surface area contributed by atoms with Crippen molar-refractivity contribution < 1.29 is 4.79 Å². The third-order valence-corrected chi connectivity index (χ3v) is 5.06. The Morgan fingerprint density at radius 1 is 1.23 bits per heavy atom. The van der Waals surface area contributed by atoms with Gasteiger partial charge in [0.1, 0.15) is 0 Å². The van der Waals surface area contributed by atoms with Crippen LogP contribution in [0.1, 0.15) is 63.5 Å². The topological polar surface area (TPSA) is 46.3 Å². The molecule has 2 rings (SSSR count). The highest BCUT2D eigenvalue weighted by atomic mass is 16.2. The number of rotatable bonds is 5. The first-order valence-electron chi connectivity index (χ1n) is 8.42. The van der Waals surface area contributed by atoms with Gasteiger partial charge in [-0.15, -0.1) is 0 Å². The summed E-state index contributed by atoms with van der Waals surface area (Å²) in [4.78, 5) is 14.5. The van der Waals surface area contributed by atoms with Crippen molar-refractivity contribution in [2.45, 2.75) is 52.4 Å². The number of nitrogens with two attached hydrogens (primary N) is 1. The summed E-state index contributed by atoms with van der Waals surface area (Å²) in [5.74, 6) is 1.07. The summed E-state index contributed by atoms with van der Waals surface area (Å²) in [6.07, 6.45) is 1.61. The van der Waals surface area contributed by atoms with E-state index in [4.69, 9.17) is 5.73 Å². The first-order valence-corrected chi connectivity index (χ1v) is 8.42. The Balaban J connectivity index is 1.94. The minimum atomic E-state index is 0.109. The highest BCUT2D eigenvalue weighted by molar-refractivity contribution is 5.77. The highest BCUT2D eigenvalue weighted by Crippen LogP contribution is 2.30. The minimum Gasteiger partial charge on any atom is -0.342 e. The smallest absolute Gasteiger partial charge is 0.223 e. The minimum absolute atomic E-state index is 0.109. The molecule has 0 spiro atoms. The molecule has 1 saturated heterocycles. The lowest BCUT2D eigenvalue weighted by Gasteiger charge is -2.23. The molecule has 2 N–H and O–H groups in total. The third-order valence-electron chi connectivity index (χ3n) is 5.06. The molecule has 1 aliphatic heterocycles. The Hall–Kier alpha value is -1.35. The second-order valence-corrected chi connectivity index (χ2v) is 7.51. The predicted octanol–water partition coefficient (Wildman–Crippen LogP) is 3.50. The molecule has 1 aromatic rings. The van der Waals surface area contributed by atoms with Crippen LogP contribution in [0.2, 0.25) is 0 Å². The van der Waals surface area contributed by atoms with Gasteiger partial charge in [-0.1, -0.05) is 52.0 Å². The van der Waals surface area contributed by atoms with Gasteiger partial charge in [-0.3, -0.25) is 4.79 Å². The molecule has 2 unspecified atom stereocenters. The summed E-state index contributed by atoms with van der Waals surface area (Å²) in [5.41, 5.74) is 8.53. The molecule has 1 aromatic carbocycles. The van der Waals surface area contributed by atoms with Crippen LogP contribution in [0.4, 0.5) is 0 Å². The molecular weight excluding hydrogens is 272 g/mol. The maximum absolute atomic E-state index is 12.5. The molecule has 2 atom stereocenters. The number of likely N-dealkylation sites (tertiary alicyclic amines) is 1. The second kappa shape index (κ2) is 6.82. The Labute approximate surface area is 134 Å². The van der Waals surface area contributed by atoms with Gasteiger partial charge in [-0.2, -0.15) is 0 Å². The van der Waals surface area contributed by atoms with Crippen LogP contribution >= 0.6 is 0 Å². The third kappa shape index (κ3) is 3.89. The van der Waals surface area contributed by atoms with Crippen LogP contribution in [-0.4, -0.2) is 30.4 Å². The van der Waals surface area contributed by atoms with Gasteiger partial charge in [0.05, 0.1) is 0 Å². The van der Waals surface area contributed by atoms with Crippen LogP contribution in [0.25, 0.3) is 0 Å². The van der Waals surface area contributed by atoms with Crippen LogP contribution < -0.4 is 5.73 Å². The van der Waals surface area contributed by atoms with E-state index in [0.29, 0.717) is 18.9 Å². The molecule has 3 nitrogen and oxygen atoms in total. The van der Waals surface area contributed by atoms with Gasteiger partial charge in [0.25, 0.3) is 0 Å². The maximum Gasteiger partial charge on any atom is 0.223 e. The Morgan fingerprint density at radius 3 is 2.32 bits per heavy atom. The number of carbonyl (C=O) groups is 1. The molecule has 1 amide bonds. The van der Waals surface area contributed by atoms with Gasteiger partial charge in [0.2, 0.25) is 5.91 Å². The van der Waals surface area contributed by atoms with Gasteiger partial charge in [-0.25, -0.2) is 0 Å². The van der Waals surface area contributed by atoms with Crippen LogP contribution in [0.5, 0.6) is 0 Å². The van der Waals surface area contributed by atoms with Crippen molar-refractivity contribution in [3.63, 3.8) is 0 Å². The zero-order valence-corrected chi connectivity index (χ0v) is 14.4. The van der Waals surface area contributed by atoms with E-state index in [1.54, 1.807) is 0 Å². The normalized spacial score (nSPS) is 23.1. The molecule has 122 valence electrons. The van der Waals surface area contributed by atoms with E-state index in [0.717, 1.165) is 19.5 Å². The van der Waals surface area contributed by atoms with Gasteiger partial charge in [-0.05, 0) is 41.3 Å². The number of amides is 1. The van der Waals surface area contributed by atoms with Crippen LogP contribution in [0, 0.1) is 5.41 Å². The van der Waals surface area contributed by atoms with Crippen molar-refractivity contribution in [2.75, 3.05) is 19.6 Å². The Bertz CT molecular complexity index is 509. The molecule has 0 radical (unpaired) electrons. The van der Waals surface area contributed by atoms with Gasteiger partial charge >= 0.3 is 0 Å². The van der Waals surface area contributed by atoms with Gasteiger partial charge in [0, 0.05) is 19.5 Å². The van der Waals surface area contributed by atoms with Crippen molar-refractivity contribution in [3.8, 4) is 0 Å². The second-order valence-electron chi connectivity index (χ2n) is 7.51. The fraction of sp³-hybridized carbons (Fsp3) is 0.632. The molecule has 0 saturated carbocycles. The summed E-state index contributed by atoms with van der Waals surface area (Å²) < 4.78 is 0. The fourth-order valence-electron chi connectivity index (χ4n) is 3.12. The average Bonchev–Trinajstić information content (AvgIpc) is 2.90. The number of hydrogen-bond donors (Lipinski definition) is 1. The average molecular weight is 302 g/mol. The van der Waals surface area contributed by atoms with Crippen molar-refractivity contribution in [3.05, 3.63) is 35.4 Å². The highest BCUT2D eigenvalue weighted by Gasteiger charge is 2.35. The maximum atomic E-state index is 12.5. The summed E-state index contributed by atoms with van der Waals surface area (Å²) >= 11 is 0. The quantitative estimate of drug-likeness (QED) is 0.905. The first kappa shape index (κ1) is 17.0. The van der Waals surface area contributed by atoms with Crippen LogP contribution in [0.15, 0.2) is 24.3 Å². The molecular formula is C19H30N2O. The van der Waals surface area contributed by atoms with E-state index in [1.165, 1.54) is 11.1 Å². The molecule has 1 heterocycles. The van der Waals surface area contributed by atoms with E-state index in [1.807, 2.05) is 4.90 Å². The zero-order chi connectivity index (χ0) is 16.3. The molecule has 3 heteroatoms. The molecule has 1 aliphatic rings. The van der Waals surface area contributed by atoms with E-state index >= 15 is 0 Å². The van der Waals surface area contributed by atoms with Crippen molar-refractivity contribution in [1.29, 1.82) is 0 Å². The monoisotopic (exact) mass is 302 g/mol. The summed E-state index contributed by atoms with van der Waals surface area (Å²) in [6.45, 7) is 11.0. The number of nitrogens with zero attached hydrogens (tertiary/aromatic N) is 1. The molecule has 0 aliphatic carbocycles. The molecule has 0 bridgehead atoms. The van der Waals surface area contributed by atoms with E-state index < -0.39 is 0 Å². The lowest BCUT2D eigenvalue weighted by molar-refractivity contribution is -0.130. The number of hydrogen-bond acceptors (Lipinski definition) is 2. The Kier molecular flexibility index (Phi) is 5.28. The largest absolute Gasteiger partial charge is 0.342 e. The van der Waals surface area contributed by atoms with Crippen molar-refractivity contribution in [1.82, 2.24) is 4.90 Å². The van der Waals surface area contributed by atoms with Gasteiger partial charge < -0.3 is 10.6 Å². The van der Waals surface area contributed by atoms with Crippen molar-refractivity contribution >= 4 is 5.91 Å². The molecule has 1 fully saturated rings. The SMILES string of the molecule is CC(C)c1ccc(C(C)CC(=O)N2CCC(C)(CN)C2)cc1. The number of benzene rings is 1. The number of carbonyl (C=O) groups excluding carboxylic acids is 1. The van der Waals surface area contributed by atoms with Crippen molar-refractivity contribution in [2.24, 2.45) is 11.1 Å². The summed E-state index contributed by atoms with van der Waals surface area (Å²) in [5, 5.41) is 0. The van der Waals surface area contributed by atoms with Crippen LogP contribution in [-0.2, 0) is 4.79 Å². The lowest BCUT2D eigenvalue weighted by atomic mass is 9.90. The van der Waals surface area contributed by atoms with E-state index in [-0.39, 0.29) is 17.2 Å². The summed E-state index contributed by atoms with van der Waals surface area (Å²) in [6, 6.07) is 8.70. The first-order chi connectivity index (χ1) is 10.3. The molecule has 22 heavy (non-hydrogen) atoms. The summed E-state index contributed by atoms with van der Waals surface area (Å²) in [7, 11) is 0. The molecule has 0 aromatic heterocycles. The van der Waals surface area contributed by atoms with Gasteiger partial charge in [0.15, 0.2) is 0 Å².